The van der Waals surface area contributed by atoms with E-state index >= 15 is 0 Å². The van der Waals surface area contributed by atoms with Crippen molar-refractivity contribution in [2.75, 3.05) is 0 Å². The highest BCUT2D eigenvalue weighted by molar-refractivity contribution is 5.79. The molecule has 1 heterocycles. The molecule has 1 aromatic heterocycles. The summed E-state index contributed by atoms with van der Waals surface area (Å²) in [6, 6.07) is 14.3. The summed E-state index contributed by atoms with van der Waals surface area (Å²) < 4.78 is 2.03. The van der Waals surface area contributed by atoms with Crippen LogP contribution in [0.1, 0.15) is 30.4 Å². The third-order valence-electron chi connectivity index (χ3n) is 4.23. The molecule has 3 heteroatoms. The second-order valence-corrected chi connectivity index (χ2v) is 6.10. The minimum atomic E-state index is -0.00166. The first-order valence-corrected chi connectivity index (χ1v) is 8.17. The minimum Gasteiger partial charge on any atom is -0.328 e. The molecule has 0 saturated heterocycles. The van der Waals surface area contributed by atoms with Crippen LogP contribution in [0, 0.1) is 12.8 Å². The van der Waals surface area contributed by atoms with Crippen LogP contribution in [0.3, 0.4) is 0 Å². The number of benzene rings is 1. The van der Waals surface area contributed by atoms with Gasteiger partial charge in [0.05, 0.1) is 0 Å². The van der Waals surface area contributed by atoms with Gasteiger partial charge in [-0.25, -0.2) is 0 Å². The van der Waals surface area contributed by atoms with Gasteiger partial charge in [0.2, 0.25) is 0 Å². The summed E-state index contributed by atoms with van der Waals surface area (Å²) >= 11 is 0. The second-order valence-electron chi connectivity index (χ2n) is 6.10. The highest BCUT2D eigenvalue weighted by Gasteiger charge is 2.17. The molecule has 1 unspecified atom stereocenters. The van der Waals surface area contributed by atoms with Gasteiger partial charge < -0.3 is 4.57 Å². The van der Waals surface area contributed by atoms with E-state index in [9.17, 15) is 4.79 Å². The predicted octanol–water partition coefficient (Wildman–Crippen LogP) is 3.63. The van der Waals surface area contributed by atoms with Gasteiger partial charge in [-0.1, -0.05) is 48.0 Å². The molecule has 2 aromatic rings. The summed E-state index contributed by atoms with van der Waals surface area (Å²) in [5.41, 5.74) is 3.18. The lowest BCUT2D eigenvalue weighted by Gasteiger charge is -2.14. The van der Waals surface area contributed by atoms with Crippen molar-refractivity contribution in [1.29, 1.82) is 0 Å². The number of hydrogen-bond acceptors (Lipinski definition) is 1. The van der Waals surface area contributed by atoms with Crippen LogP contribution in [0.2, 0.25) is 0 Å². The van der Waals surface area contributed by atoms with Crippen molar-refractivity contribution in [2.24, 2.45) is 10.9 Å². The fourth-order valence-electron chi connectivity index (χ4n) is 2.81. The molecule has 3 rings (SSSR count). The van der Waals surface area contributed by atoms with Crippen LogP contribution < -0.4 is 5.49 Å². The summed E-state index contributed by atoms with van der Waals surface area (Å²) in [4.78, 5) is 16.8. The van der Waals surface area contributed by atoms with Crippen LogP contribution in [0.15, 0.2) is 65.8 Å². The van der Waals surface area contributed by atoms with Crippen molar-refractivity contribution in [2.45, 2.75) is 32.7 Å². The second kappa shape index (κ2) is 7.23. The standard InChI is InChI=1S/C20H22N2O/c1-16-10-12-17(13-11-16)15-22-14-6-5-9-19(22)21-20(23)18-7-3-2-4-8-18/h2-3,5-6,9-14,18H,4,7-8,15H2,1H3. The Morgan fingerprint density at radius 3 is 2.74 bits per heavy atom. The Morgan fingerprint density at radius 2 is 2.00 bits per heavy atom. The van der Waals surface area contributed by atoms with Crippen LogP contribution in [0.4, 0.5) is 0 Å². The van der Waals surface area contributed by atoms with Crippen LogP contribution >= 0.6 is 0 Å². The van der Waals surface area contributed by atoms with Gasteiger partial charge in [-0.15, -0.1) is 0 Å². The molecule has 0 spiro atoms. The predicted molar refractivity (Wildman–Crippen MR) is 91.8 cm³/mol. The molecule has 0 aliphatic heterocycles. The third-order valence-corrected chi connectivity index (χ3v) is 4.23. The highest BCUT2D eigenvalue weighted by Crippen LogP contribution is 2.19. The first-order valence-electron chi connectivity index (χ1n) is 8.17. The maximum absolute atomic E-state index is 12.4. The molecule has 0 N–H and O–H groups in total. The summed E-state index contributed by atoms with van der Waals surface area (Å²) in [6.45, 7) is 2.80. The van der Waals surface area contributed by atoms with E-state index < -0.39 is 0 Å². The Labute approximate surface area is 137 Å². The van der Waals surface area contributed by atoms with Gasteiger partial charge in [0, 0.05) is 18.7 Å². The molecule has 0 saturated carbocycles. The lowest BCUT2D eigenvalue weighted by molar-refractivity contribution is -0.122. The fraction of sp³-hybridized carbons (Fsp3) is 0.300. The van der Waals surface area contributed by atoms with Crippen molar-refractivity contribution in [3.63, 3.8) is 0 Å². The van der Waals surface area contributed by atoms with Crippen molar-refractivity contribution in [3.8, 4) is 0 Å². The van der Waals surface area contributed by atoms with Gasteiger partial charge in [0.15, 0.2) is 0 Å². The molecule has 0 bridgehead atoms. The smallest absolute Gasteiger partial charge is 0.251 e. The topological polar surface area (TPSA) is 34.4 Å². The van der Waals surface area contributed by atoms with Gasteiger partial charge in [0.25, 0.3) is 5.91 Å². The number of pyridine rings is 1. The van der Waals surface area contributed by atoms with Crippen LogP contribution in [-0.4, -0.2) is 10.5 Å². The molecule has 1 amide bonds. The fourth-order valence-corrected chi connectivity index (χ4v) is 2.81. The number of amides is 1. The maximum Gasteiger partial charge on any atom is 0.251 e. The van der Waals surface area contributed by atoms with E-state index in [0.717, 1.165) is 31.3 Å². The first kappa shape index (κ1) is 15.5. The van der Waals surface area contributed by atoms with Gasteiger partial charge >= 0.3 is 0 Å². The van der Waals surface area contributed by atoms with E-state index in [1.165, 1.54) is 11.1 Å². The molecule has 0 fully saturated rings. The van der Waals surface area contributed by atoms with Gasteiger partial charge in [-0.3, -0.25) is 4.79 Å². The number of rotatable bonds is 3. The van der Waals surface area contributed by atoms with Crippen LogP contribution in [0.25, 0.3) is 0 Å². The average molecular weight is 306 g/mol. The van der Waals surface area contributed by atoms with Crippen molar-refractivity contribution in [1.82, 2.24) is 4.57 Å². The van der Waals surface area contributed by atoms with Gasteiger partial charge in [-0.05, 0) is 43.9 Å². The molecular weight excluding hydrogens is 284 g/mol. The molecule has 3 nitrogen and oxygen atoms in total. The number of carbonyl (C=O) groups excluding carboxylic acids is 1. The largest absolute Gasteiger partial charge is 0.328 e. The molecular formula is C20H22N2O. The SMILES string of the molecule is Cc1ccc(Cn2ccccc2=NC(=O)C2CC=CCC2)cc1. The summed E-state index contributed by atoms with van der Waals surface area (Å²) in [5, 5.41) is 0. The zero-order chi connectivity index (χ0) is 16.1. The Hall–Kier alpha value is -2.42. The Balaban J connectivity index is 1.85. The number of aryl methyl sites for hydroxylation is 1. The van der Waals surface area contributed by atoms with Crippen molar-refractivity contribution < 1.29 is 4.79 Å². The molecule has 1 atom stereocenters. The molecule has 118 valence electrons. The summed E-state index contributed by atoms with van der Waals surface area (Å²) in [6.07, 6.45) is 8.91. The first-order chi connectivity index (χ1) is 11.2. The van der Waals surface area contributed by atoms with E-state index in [1.807, 2.05) is 29.0 Å². The summed E-state index contributed by atoms with van der Waals surface area (Å²) in [7, 11) is 0. The maximum atomic E-state index is 12.4. The quantitative estimate of drug-likeness (QED) is 0.797. The Bertz CT molecular complexity index is 769. The minimum absolute atomic E-state index is 0.00166. The normalized spacial score (nSPS) is 18.1. The average Bonchev–Trinajstić information content (AvgIpc) is 2.59. The number of aromatic nitrogens is 1. The van der Waals surface area contributed by atoms with Crippen LogP contribution in [-0.2, 0) is 11.3 Å². The van der Waals surface area contributed by atoms with E-state index in [-0.39, 0.29) is 11.8 Å². The van der Waals surface area contributed by atoms with Gasteiger partial charge in [0.1, 0.15) is 5.49 Å². The number of hydrogen-bond donors (Lipinski definition) is 0. The lowest BCUT2D eigenvalue weighted by Crippen LogP contribution is -2.24. The molecule has 1 aliphatic rings. The molecule has 1 aliphatic carbocycles. The zero-order valence-electron chi connectivity index (χ0n) is 13.5. The molecule has 23 heavy (non-hydrogen) atoms. The van der Waals surface area contributed by atoms with Crippen LogP contribution in [0.5, 0.6) is 0 Å². The highest BCUT2D eigenvalue weighted by atomic mass is 16.1. The van der Waals surface area contributed by atoms with E-state index in [0.29, 0.717) is 0 Å². The third kappa shape index (κ3) is 4.07. The monoisotopic (exact) mass is 306 g/mol. The zero-order valence-corrected chi connectivity index (χ0v) is 13.5. The number of allylic oxidation sites excluding steroid dienone is 2. The van der Waals surface area contributed by atoms with Gasteiger partial charge in [-0.2, -0.15) is 4.99 Å². The molecule has 1 aromatic carbocycles. The Kier molecular flexibility index (Phi) is 4.86. The van der Waals surface area contributed by atoms with E-state index in [1.54, 1.807) is 0 Å². The van der Waals surface area contributed by atoms with E-state index in [2.05, 4.69) is 48.3 Å². The molecule has 0 radical (unpaired) electrons. The van der Waals surface area contributed by atoms with Crippen molar-refractivity contribution in [3.05, 3.63) is 77.4 Å². The summed E-state index contributed by atoms with van der Waals surface area (Å²) in [5.74, 6) is 0.0336. The lowest BCUT2D eigenvalue weighted by atomic mass is 9.94. The number of nitrogens with zero attached hydrogens (tertiary/aromatic N) is 2. The Morgan fingerprint density at radius 1 is 1.17 bits per heavy atom. The van der Waals surface area contributed by atoms with E-state index in [4.69, 9.17) is 0 Å². The number of carbonyl (C=O) groups is 1. The van der Waals surface area contributed by atoms with Crippen molar-refractivity contribution >= 4 is 5.91 Å².